The van der Waals surface area contributed by atoms with Crippen molar-refractivity contribution in [3.63, 3.8) is 0 Å². The van der Waals surface area contributed by atoms with Crippen molar-refractivity contribution in [2.45, 2.75) is 81.1 Å². The van der Waals surface area contributed by atoms with Crippen LogP contribution < -0.4 is 5.32 Å². The molecule has 2 aromatic carbocycles. The second kappa shape index (κ2) is 17.0. The van der Waals surface area contributed by atoms with E-state index in [9.17, 15) is 4.79 Å². The number of carbonyl (C=O) groups excluding carboxylic acids is 1. The lowest BCUT2D eigenvalue weighted by molar-refractivity contribution is 0.102. The highest BCUT2D eigenvalue weighted by Gasteiger charge is 2.17. The maximum Gasteiger partial charge on any atom is 0.256 e. The fourth-order valence-electron chi connectivity index (χ4n) is 4.90. The monoisotopic (exact) mass is 604 g/mol. The Labute approximate surface area is 269 Å². The van der Waals surface area contributed by atoms with E-state index in [4.69, 9.17) is 9.40 Å². The number of rotatable bonds is 9. The maximum atomic E-state index is 13.4. The molecular formula is C39H48N4O2. The molecule has 0 saturated carbocycles. The minimum atomic E-state index is -0.161. The fraction of sp³-hybridized carbons (Fsp3) is 0.333. The Balaban J connectivity index is 0.000000389. The molecule has 1 unspecified atom stereocenters. The van der Waals surface area contributed by atoms with Crippen molar-refractivity contribution >= 4 is 28.1 Å². The Morgan fingerprint density at radius 3 is 2.33 bits per heavy atom. The van der Waals surface area contributed by atoms with Gasteiger partial charge < -0.3 is 9.73 Å². The van der Waals surface area contributed by atoms with E-state index >= 15 is 0 Å². The number of oxazole rings is 1. The largest absolute Gasteiger partial charge is 0.446 e. The highest BCUT2D eigenvalue weighted by atomic mass is 16.3. The van der Waals surface area contributed by atoms with Crippen molar-refractivity contribution in [3.05, 3.63) is 114 Å². The number of nitrogens with one attached hydrogen (secondary N) is 1. The number of pyridine rings is 2. The third-order valence-corrected chi connectivity index (χ3v) is 7.62. The van der Waals surface area contributed by atoms with Crippen molar-refractivity contribution < 1.29 is 9.21 Å². The van der Waals surface area contributed by atoms with E-state index in [1.54, 1.807) is 12.4 Å². The van der Waals surface area contributed by atoms with Crippen LogP contribution in [-0.4, -0.2) is 20.9 Å². The molecule has 0 fully saturated rings. The van der Waals surface area contributed by atoms with Crippen LogP contribution in [0.4, 0.5) is 5.69 Å². The van der Waals surface area contributed by atoms with Gasteiger partial charge in [0.1, 0.15) is 5.76 Å². The van der Waals surface area contributed by atoms with Gasteiger partial charge in [0, 0.05) is 42.4 Å². The van der Waals surface area contributed by atoms with E-state index in [0.29, 0.717) is 11.5 Å². The van der Waals surface area contributed by atoms with Crippen molar-refractivity contribution in [2.24, 2.45) is 5.92 Å². The van der Waals surface area contributed by atoms with Gasteiger partial charge in [-0.3, -0.25) is 9.78 Å². The topological polar surface area (TPSA) is 80.9 Å². The molecule has 3 heterocycles. The molecule has 6 heteroatoms. The molecule has 0 aliphatic carbocycles. The molecule has 0 saturated heterocycles. The molecule has 45 heavy (non-hydrogen) atoms. The molecule has 3 aromatic heterocycles. The van der Waals surface area contributed by atoms with Gasteiger partial charge in [-0.1, -0.05) is 71.4 Å². The molecule has 236 valence electrons. The van der Waals surface area contributed by atoms with Gasteiger partial charge in [-0.2, -0.15) is 0 Å². The lowest BCUT2D eigenvalue weighted by atomic mass is 9.93. The zero-order valence-corrected chi connectivity index (χ0v) is 28.2. The smallest absolute Gasteiger partial charge is 0.256 e. The van der Waals surface area contributed by atoms with E-state index in [2.05, 4.69) is 48.7 Å². The molecule has 6 nitrogen and oxygen atoms in total. The van der Waals surface area contributed by atoms with Crippen molar-refractivity contribution in [3.8, 4) is 11.3 Å². The Hall–Kier alpha value is -4.58. The summed E-state index contributed by atoms with van der Waals surface area (Å²) in [6.07, 6.45) is 9.77. The number of hydrogen-bond donors (Lipinski definition) is 1. The molecule has 5 aromatic rings. The summed E-state index contributed by atoms with van der Waals surface area (Å²) >= 11 is 0. The van der Waals surface area contributed by atoms with Gasteiger partial charge in [-0.15, -0.1) is 0 Å². The van der Waals surface area contributed by atoms with E-state index in [-0.39, 0.29) is 5.91 Å². The third-order valence-electron chi connectivity index (χ3n) is 7.62. The summed E-state index contributed by atoms with van der Waals surface area (Å²) in [6.45, 7) is 20.7. The van der Waals surface area contributed by atoms with Crippen molar-refractivity contribution in [1.29, 1.82) is 0 Å². The zero-order chi connectivity index (χ0) is 32.9. The maximum absolute atomic E-state index is 13.4. The molecule has 1 amide bonds. The molecular weight excluding hydrogens is 556 g/mol. The molecule has 0 radical (unpaired) electrons. The number of nitrogens with zero attached hydrogens (tertiary/aromatic N) is 3. The minimum absolute atomic E-state index is 0.161. The summed E-state index contributed by atoms with van der Waals surface area (Å²) in [5, 5.41) is 3.91. The van der Waals surface area contributed by atoms with Crippen LogP contribution in [0.1, 0.15) is 92.6 Å². The van der Waals surface area contributed by atoms with E-state index < -0.39 is 0 Å². The van der Waals surface area contributed by atoms with E-state index in [1.165, 1.54) is 12.8 Å². The summed E-state index contributed by atoms with van der Waals surface area (Å²) < 4.78 is 5.27. The first-order valence-electron chi connectivity index (χ1n) is 16.0. The van der Waals surface area contributed by atoms with Gasteiger partial charge in [-0.25, -0.2) is 9.97 Å². The number of aromatic nitrogens is 3. The van der Waals surface area contributed by atoms with Crippen LogP contribution in [0.2, 0.25) is 0 Å². The van der Waals surface area contributed by atoms with Crippen LogP contribution in [0, 0.1) is 26.7 Å². The number of aryl methyl sites for hydroxylation is 4. The number of hydrogen-bond acceptors (Lipinski definition) is 5. The van der Waals surface area contributed by atoms with Crippen LogP contribution in [0.25, 0.3) is 27.7 Å². The number of anilines is 1. The Kier molecular flexibility index (Phi) is 13.2. The lowest BCUT2D eigenvalue weighted by Crippen LogP contribution is -2.13. The zero-order valence-electron chi connectivity index (χ0n) is 28.2. The fourth-order valence-corrected chi connectivity index (χ4v) is 4.90. The minimum Gasteiger partial charge on any atom is -0.446 e. The quantitative estimate of drug-likeness (QED) is 0.181. The first-order valence-corrected chi connectivity index (χ1v) is 16.0. The van der Waals surface area contributed by atoms with Gasteiger partial charge in [-0.05, 0) is 85.7 Å². The van der Waals surface area contributed by atoms with Crippen LogP contribution in [0.5, 0.6) is 0 Å². The van der Waals surface area contributed by atoms with Crippen LogP contribution in [-0.2, 0) is 6.42 Å². The number of fused-ring (bicyclic) bond motifs is 1. The van der Waals surface area contributed by atoms with Crippen molar-refractivity contribution in [2.75, 3.05) is 5.32 Å². The molecule has 5 rings (SSSR count). The predicted molar refractivity (Wildman–Crippen MR) is 189 cm³/mol. The van der Waals surface area contributed by atoms with Gasteiger partial charge in [0.25, 0.3) is 5.91 Å². The summed E-state index contributed by atoms with van der Waals surface area (Å²) in [5.41, 5.74) is 8.12. The Morgan fingerprint density at radius 2 is 1.73 bits per heavy atom. The number of benzene rings is 2. The predicted octanol–water partition coefficient (Wildman–Crippen LogP) is 10.6. The SMILES string of the molecule is C=C(c1ccc(NC(=O)c2cc(-c3cccnc3)nc3c(C)cc(C)cc23)cc1)C(C)CC.CC.CCCCc1cnc(C)o1. The summed E-state index contributed by atoms with van der Waals surface area (Å²) in [6, 6.07) is 17.7. The molecule has 1 N–H and O–H groups in total. The first kappa shape index (κ1) is 34.9. The van der Waals surface area contributed by atoms with Crippen LogP contribution in [0.15, 0.2) is 84.2 Å². The lowest BCUT2D eigenvalue weighted by Gasteiger charge is -2.15. The normalized spacial score (nSPS) is 11.1. The summed E-state index contributed by atoms with van der Waals surface area (Å²) in [5.74, 6) is 2.04. The van der Waals surface area contributed by atoms with E-state index in [1.807, 2.05) is 89.3 Å². The average molecular weight is 605 g/mol. The average Bonchev–Trinajstić information content (AvgIpc) is 3.49. The second-order valence-corrected chi connectivity index (χ2v) is 11.1. The molecule has 0 aliphatic rings. The first-order chi connectivity index (χ1) is 21.7. The molecule has 0 bridgehead atoms. The number of allylic oxidation sites excluding steroid dienone is 1. The highest BCUT2D eigenvalue weighted by Crippen LogP contribution is 2.29. The molecule has 1 atom stereocenters. The number of carbonyl (C=O) groups is 1. The van der Waals surface area contributed by atoms with Crippen molar-refractivity contribution in [1.82, 2.24) is 15.0 Å². The molecule has 0 spiro atoms. The van der Waals surface area contributed by atoms with Crippen LogP contribution in [0.3, 0.4) is 0 Å². The summed E-state index contributed by atoms with van der Waals surface area (Å²) in [7, 11) is 0. The Morgan fingerprint density at radius 1 is 1.00 bits per heavy atom. The van der Waals surface area contributed by atoms with Gasteiger partial charge in [0.2, 0.25) is 0 Å². The second-order valence-electron chi connectivity index (χ2n) is 11.1. The van der Waals surface area contributed by atoms with Gasteiger partial charge in [0.15, 0.2) is 5.89 Å². The third kappa shape index (κ3) is 9.45. The summed E-state index contributed by atoms with van der Waals surface area (Å²) in [4.78, 5) is 26.5. The number of unbranched alkanes of at least 4 members (excludes halogenated alkanes) is 1. The molecule has 0 aliphatic heterocycles. The highest BCUT2D eigenvalue weighted by molar-refractivity contribution is 6.13. The Bertz CT molecular complexity index is 1690. The van der Waals surface area contributed by atoms with Gasteiger partial charge in [0.05, 0.1) is 23.0 Å². The van der Waals surface area contributed by atoms with Gasteiger partial charge >= 0.3 is 0 Å². The standard InChI is InChI=1S/C29H29N3O.C8H13NO.C2H6/c1-6-19(3)21(5)22-9-11-24(12-10-22)31-29(33)26-16-27(23-8-7-13-30-17-23)32-28-20(4)14-18(2)15-25(26)28;1-3-4-5-8-6-9-7(2)10-8;1-2/h7-17,19H,5-6H2,1-4H3,(H,31,33);6H,3-5H2,1-2H3;1-2H3. The van der Waals surface area contributed by atoms with E-state index in [0.717, 1.165) is 74.6 Å². The number of amides is 1. The van der Waals surface area contributed by atoms with Crippen LogP contribution >= 0.6 is 0 Å².